The highest BCUT2D eigenvalue weighted by Crippen LogP contribution is 2.47. The van der Waals surface area contributed by atoms with Crippen molar-refractivity contribution in [1.82, 2.24) is 19.1 Å². The van der Waals surface area contributed by atoms with Crippen LogP contribution in [-0.4, -0.2) is 39.2 Å². The largest absolute Gasteiger partial charge is 0.380 e. The molecule has 3 heterocycles. The van der Waals surface area contributed by atoms with E-state index in [4.69, 9.17) is 4.74 Å². The summed E-state index contributed by atoms with van der Waals surface area (Å²) in [7, 11) is 3.46. The van der Waals surface area contributed by atoms with E-state index in [1.165, 1.54) is 6.33 Å². The second-order valence-corrected chi connectivity index (χ2v) is 10.2. The number of amides is 1. The third-order valence-corrected chi connectivity index (χ3v) is 6.99. The molecule has 5 rings (SSSR count). The highest BCUT2D eigenvalue weighted by molar-refractivity contribution is 6.17. The lowest BCUT2D eigenvalue weighted by Crippen LogP contribution is -2.23. The number of hydrogen-bond acceptors (Lipinski definition) is 5. The van der Waals surface area contributed by atoms with Crippen LogP contribution in [0.15, 0.2) is 55.1 Å². The maximum Gasteiger partial charge on any atom is 0.259 e. The summed E-state index contributed by atoms with van der Waals surface area (Å²) < 4.78 is 9.40. The van der Waals surface area contributed by atoms with Crippen molar-refractivity contribution in [3.05, 3.63) is 71.9 Å². The van der Waals surface area contributed by atoms with Crippen molar-refractivity contribution in [3.8, 4) is 11.8 Å². The van der Waals surface area contributed by atoms with Gasteiger partial charge in [0.25, 0.3) is 5.91 Å². The highest BCUT2D eigenvalue weighted by Gasteiger charge is 2.44. The molecule has 190 valence electrons. The molecule has 0 bridgehead atoms. The first-order valence-corrected chi connectivity index (χ1v) is 12.4. The monoisotopic (exact) mass is 496 g/mol. The molecule has 8 heteroatoms. The minimum atomic E-state index is -0.475. The molecular formula is C29H32N6O2. The first kappa shape index (κ1) is 24.6. The summed E-state index contributed by atoms with van der Waals surface area (Å²) in [6.45, 7) is 6.82. The first-order chi connectivity index (χ1) is 17.8. The van der Waals surface area contributed by atoms with Gasteiger partial charge in [0.05, 0.1) is 23.1 Å². The van der Waals surface area contributed by atoms with E-state index < -0.39 is 5.54 Å². The number of nitrogens with one attached hydrogen (secondary N) is 2. The van der Waals surface area contributed by atoms with Crippen molar-refractivity contribution in [1.29, 1.82) is 0 Å². The molecule has 3 aromatic heterocycles. The van der Waals surface area contributed by atoms with Crippen LogP contribution in [0.4, 0.5) is 11.5 Å². The summed E-state index contributed by atoms with van der Waals surface area (Å²) in [6.07, 6.45) is 7.52. The molecule has 8 nitrogen and oxygen atoms in total. The predicted molar refractivity (Wildman–Crippen MR) is 146 cm³/mol. The first-order valence-electron chi connectivity index (χ1n) is 12.4. The summed E-state index contributed by atoms with van der Waals surface area (Å²) in [5, 5.41) is 6.89. The van der Waals surface area contributed by atoms with Gasteiger partial charge >= 0.3 is 0 Å². The average Bonchev–Trinajstić information content (AvgIpc) is 3.28. The zero-order valence-electron chi connectivity index (χ0n) is 21.9. The van der Waals surface area contributed by atoms with Crippen LogP contribution in [0, 0.1) is 11.8 Å². The van der Waals surface area contributed by atoms with E-state index in [-0.39, 0.29) is 11.4 Å². The summed E-state index contributed by atoms with van der Waals surface area (Å²) in [5.74, 6) is 7.19. The van der Waals surface area contributed by atoms with Gasteiger partial charge in [0.15, 0.2) is 0 Å². The van der Waals surface area contributed by atoms with E-state index in [9.17, 15) is 4.79 Å². The Hall–Kier alpha value is -4.09. The maximum atomic E-state index is 13.9. The van der Waals surface area contributed by atoms with Crippen molar-refractivity contribution in [3.63, 3.8) is 0 Å². The lowest BCUT2D eigenvalue weighted by Gasteiger charge is -2.20. The van der Waals surface area contributed by atoms with E-state index in [1.54, 1.807) is 14.2 Å². The fourth-order valence-corrected chi connectivity index (χ4v) is 4.60. The Morgan fingerprint density at radius 2 is 1.86 bits per heavy atom. The fourth-order valence-electron chi connectivity index (χ4n) is 4.60. The topological polar surface area (TPSA) is 86.0 Å². The van der Waals surface area contributed by atoms with Crippen LogP contribution in [0.5, 0.6) is 0 Å². The van der Waals surface area contributed by atoms with Crippen molar-refractivity contribution in [2.75, 3.05) is 24.8 Å². The fraction of sp³-hybridized carbons (Fsp3) is 0.345. The van der Waals surface area contributed by atoms with Crippen LogP contribution < -0.4 is 10.6 Å². The molecule has 1 amide bonds. The number of hydrogen-bond donors (Lipinski definition) is 2. The Morgan fingerprint density at radius 3 is 2.49 bits per heavy atom. The van der Waals surface area contributed by atoms with Crippen molar-refractivity contribution in [2.24, 2.45) is 0 Å². The smallest absolute Gasteiger partial charge is 0.259 e. The molecule has 1 aliphatic carbocycles. The second-order valence-electron chi connectivity index (χ2n) is 10.2. The molecule has 0 spiro atoms. The molecule has 1 saturated carbocycles. The minimum Gasteiger partial charge on any atom is -0.380 e. The van der Waals surface area contributed by atoms with E-state index in [2.05, 4.69) is 62.3 Å². The van der Waals surface area contributed by atoms with Gasteiger partial charge in [-0.3, -0.25) is 4.79 Å². The lowest BCUT2D eigenvalue weighted by atomic mass is 10.0. The van der Waals surface area contributed by atoms with E-state index >= 15 is 0 Å². The molecule has 0 saturated heterocycles. The Bertz CT molecular complexity index is 1500. The summed E-state index contributed by atoms with van der Waals surface area (Å²) in [4.78, 5) is 23.0. The number of fused-ring (bicyclic) bond motifs is 1. The maximum absolute atomic E-state index is 13.9. The van der Waals surface area contributed by atoms with Crippen LogP contribution in [0.2, 0.25) is 0 Å². The predicted octanol–water partition coefficient (Wildman–Crippen LogP) is 4.97. The number of ether oxygens (including phenoxy) is 1. The van der Waals surface area contributed by atoms with Crippen molar-refractivity contribution in [2.45, 2.75) is 51.3 Å². The van der Waals surface area contributed by atoms with Crippen LogP contribution in [0.1, 0.15) is 55.2 Å². The van der Waals surface area contributed by atoms with Crippen LogP contribution >= 0.6 is 0 Å². The van der Waals surface area contributed by atoms with Gasteiger partial charge in [-0.1, -0.05) is 18.1 Å². The molecule has 0 unspecified atom stereocenters. The minimum absolute atomic E-state index is 0.153. The second kappa shape index (κ2) is 9.41. The standard InChI is InChI=1S/C29H32N6O2/c1-28(2,34-16-6-7-17-34)13-12-22-23(27(36)33-21-10-8-20(9-11-21)18-37-5)24-25(30-4)31-19-32-26(24)35(22)29(3)14-15-29/h6-11,16-17,19H,14-15,18H2,1-5H3,(H,33,36)(H,30,31,32). The Morgan fingerprint density at radius 1 is 1.16 bits per heavy atom. The zero-order chi connectivity index (χ0) is 26.2. The number of carbonyl (C=O) groups excluding carboxylic acids is 1. The number of benzene rings is 1. The van der Waals surface area contributed by atoms with Crippen LogP contribution in [0.3, 0.4) is 0 Å². The number of carbonyl (C=O) groups is 1. The van der Waals surface area contributed by atoms with Gasteiger partial charge in [-0.25, -0.2) is 9.97 Å². The van der Waals surface area contributed by atoms with Crippen LogP contribution in [0.25, 0.3) is 11.0 Å². The number of aromatic nitrogens is 4. The lowest BCUT2D eigenvalue weighted by molar-refractivity contribution is 0.102. The zero-order valence-corrected chi connectivity index (χ0v) is 21.9. The van der Waals surface area contributed by atoms with Gasteiger partial charge < -0.3 is 24.5 Å². The van der Waals surface area contributed by atoms with E-state index in [1.807, 2.05) is 48.8 Å². The van der Waals surface area contributed by atoms with E-state index in [0.717, 1.165) is 18.4 Å². The quantitative estimate of drug-likeness (QED) is 0.353. The molecule has 2 N–H and O–H groups in total. The highest BCUT2D eigenvalue weighted by atomic mass is 16.5. The molecule has 4 aromatic rings. The van der Waals surface area contributed by atoms with Gasteiger partial charge in [-0.05, 0) is 69.4 Å². The van der Waals surface area contributed by atoms with Crippen molar-refractivity contribution < 1.29 is 9.53 Å². The Balaban J connectivity index is 1.68. The summed E-state index contributed by atoms with van der Waals surface area (Å²) in [6, 6.07) is 11.6. The van der Waals surface area contributed by atoms with Gasteiger partial charge in [0, 0.05) is 37.8 Å². The number of rotatable bonds is 7. The summed E-state index contributed by atoms with van der Waals surface area (Å²) in [5.41, 5.74) is 2.94. The van der Waals surface area contributed by atoms with Gasteiger partial charge in [0.2, 0.25) is 0 Å². The summed E-state index contributed by atoms with van der Waals surface area (Å²) >= 11 is 0. The van der Waals surface area contributed by atoms with Crippen LogP contribution in [-0.2, 0) is 22.4 Å². The van der Waals surface area contributed by atoms with Crippen molar-refractivity contribution >= 4 is 28.4 Å². The molecule has 1 aliphatic rings. The number of anilines is 2. The van der Waals surface area contributed by atoms with E-state index in [0.29, 0.717) is 40.4 Å². The van der Waals surface area contributed by atoms with Gasteiger partial charge in [-0.15, -0.1) is 0 Å². The molecule has 1 fully saturated rings. The van der Waals surface area contributed by atoms with Gasteiger partial charge in [0.1, 0.15) is 23.5 Å². The number of nitrogens with zero attached hydrogens (tertiary/aromatic N) is 4. The third-order valence-electron chi connectivity index (χ3n) is 6.99. The molecule has 0 aliphatic heterocycles. The molecular weight excluding hydrogens is 464 g/mol. The Kier molecular flexibility index (Phi) is 6.26. The third kappa shape index (κ3) is 4.58. The normalized spacial score (nSPS) is 14.2. The number of methoxy groups -OCH3 is 1. The molecule has 37 heavy (non-hydrogen) atoms. The SMILES string of the molecule is CNc1ncnc2c1c(C(=O)Nc1ccc(COC)cc1)c(C#CC(C)(C)n1cccc1)n2C1(C)CC1. The average molecular weight is 497 g/mol. The molecule has 0 radical (unpaired) electrons. The van der Waals surface area contributed by atoms with Gasteiger partial charge in [-0.2, -0.15) is 0 Å². The molecule has 0 atom stereocenters. The Labute approximate surface area is 217 Å². The molecule has 1 aromatic carbocycles.